The Hall–Kier alpha value is 0.137. The van der Waals surface area contributed by atoms with Gasteiger partial charge in [0.2, 0.25) is 0 Å². The van der Waals surface area contributed by atoms with Crippen molar-refractivity contribution >= 4 is 8.56 Å². The summed E-state index contributed by atoms with van der Waals surface area (Å²) in [6, 6.07) is 1.28. The largest absolute Gasteiger partial charge is 0.394 e. The van der Waals surface area contributed by atoms with Gasteiger partial charge in [-0.05, 0) is 38.7 Å². The van der Waals surface area contributed by atoms with Crippen LogP contribution in [0.5, 0.6) is 0 Å². The molecule has 2 nitrogen and oxygen atoms in total. The molecule has 2 aliphatic carbocycles. The zero-order valence-electron chi connectivity index (χ0n) is 12.2. The quantitative estimate of drug-likeness (QED) is 0.628. The third-order valence-corrected chi connectivity index (χ3v) is 9.32. The summed E-state index contributed by atoms with van der Waals surface area (Å²) in [7, 11) is -1.93. The Bertz CT molecular complexity index is 227. The van der Waals surface area contributed by atoms with E-state index in [4.69, 9.17) is 8.85 Å². The van der Waals surface area contributed by atoms with Crippen LogP contribution in [0.25, 0.3) is 0 Å². The van der Waals surface area contributed by atoms with Gasteiger partial charge >= 0.3 is 8.56 Å². The van der Waals surface area contributed by atoms with Crippen LogP contribution in [0.2, 0.25) is 11.6 Å². The van der Waals surface area contributed by atoms with Gasteiger partial charge in [-0.25, -0.2) is 0 Å². The van der Waals surface area contributed by atoms with Gasteiger partial charge in [0.1, 0.15) is 0 Å². The van der Waals surface area contributed by atoms with Crippen LogP contribution in [0.1, 0.15) is 65.2 Å². The molecule has 0 heterocycles. The van der Waals surface area contributed by atoms with E-state index in [1.165, 1.54) is 57.4 Å². The molecule has 106 valence electrons. The van der Waals surface area contributed by atoms with Crippen LogP contribution in [-0.4, -0.2) is 21.8 Å². The summed E-state index contributed by atoms with van der Waals surface area (Å²) in [4.78, 5) is 0. The molecular weight excluding hydrogens is 240 g/mol. The predicted octanol–water partition coefficient (Wildman–Crippen LogP) is 4.64. The summed E-state index contributed by atoms with van der Waals surface area (Å²) in [5.74, 6) is 0.898. The van der Waals surface area contributed by atoms with E-state index in [1.807, 2.05) is 0 Å². The van der Waals surface area contributed by atoms with Crippen LogP contribution in [0.3, 0.4) is 0 Å². The van der Waals surface area contributed by atoms with Crippen molar-refractivity contribution in [1.29, 1.82) is 0 Å². The summed E-state index contributed by atoms with van der Waals surface area (Å²) < 4.78 is 12.7. The molecule has 0 atom stereocenters. The fourth-order valence-corrected chi connectivity index (χ4v) is 8.63. The second-order valence-corrected chi connectivity index (χ2v) is 9.44. The first kappa shape index (κ1) is 14.5. The Balaban J connectivity index is 2.06. The van der Waals surface area contributed by atoms with Gasteiger partial charge in [0.05, 0.1) is 0 Å². The summed E-state index contributed by atoms with van der Waals surface area (Å²) in [6.45, 7) is 5.97. The molecule has 3 heteroatoms. The molecule has 0 aliphatic heterocycles. The fraction of sp³-hybridized carbons (Fsp3) is 1.00. The molecule has 2 rings (SSSR count). The van der Waals surface area contributed by atoms with Crippen molar-refractivity contribution in [2.24, 2.45) is 5.92 Å². The lowest BCUT2D eigenvalue weighted by molar-refractivity contribution is 0.166. The van der Waals surface area contributed by atoms with Crippen LogP contribution in [0.15, 0.2) is 0 Å². The minimum atomic E-state index is -1.93. The van der Waals surface area contributed by atoms with E-state index in [0.717, 1.165) is 24.7 Å². The smallest absolute Gasteiger partial charge is 0.341 e. The summed E-state index contributed by atoms with van der Waals surface area (Å²) >= 11 is 0. The molecule has 0 saturated heterocycles. The zero-order valence-corrected chi connectivity index (χ0v) is 13.2. The highest BCUT2D eigenvalue weighted by molar-refractivity contribution is 6.69. The molecular formula is C15H30O2Si. The van der Waals surface area contributed by atoms with Crippen LogP contribution in [0.4, 0.5) is 0 Å². The van der Waals surface area contributed by atoms with Gasteiger partial charge < -0.3 is 8.85 Å². The van der Waals surface area contributed by atoms with Crippen LogP contribution < -0.4 is 0 Å². The maximum absolute atomic E-state index is 6.33. The Morgan fingerprint density at radius 1 is 0.833 bits per heavy atom. The molecule has 2 saturated carbocycles. The van der Waals surface area contributed by atoms with E-state index in [9.17, 15) is 0 Å². The maximum atomic E-state index is 6.33. The van der Waals surface area contributed by atoms with Crippen molar-refractivity contribution < 1.29 is 8.85 Å². The molecule has 2 fully saturated rings. The van der Waals surface area contributed by atoms with Crippen molar-refractivity contribution in [3.05, 3.63) is 0 Å². The molecule has 2 aliphatic rings. The predicted molar refractivity (Wildman–Crippen MR) is 78.0 cm³/mol. The first-order valence-corrected chi connectivity index (χ1v) is 10.2. The minimum absolute atomic E-state index is 0.776. The lowest BCUT2D eigenvalue weighted by Gasteiger charge is -2.37. The lowest BCUT2D eigenvalue weighted by atomic mass is 10.1. The van der Waals surface area contributed by atoms with E-state index >= 15 is 0 Å². The van der Waals surface area contributed by atoms with Crippen molar-refractivity contribution in [2.75, 3.05) is 13.2 Å². The summed E-state index contributed by atoms with van der Waals surface area (Å²) in [6.07, 6.45) is 11.2. The lowest BCUT2D eigenvalue weighted by Crippen LogP contribution is -2.47. The van der Waals surface area contributed by atoms with Gasteiger partial charge in [0.15, 0.2) is 0 Å². The molecule has 0 bridgehead atoms. The fourth-order valence-electron chi connectivity index (χ4n) is 4.03. The maximum Gasteiger partial charge on any atom is 0.341 e. The first-order chi connectivity index (χ1) is 8.80. The van der Waals surface area contributed by atoms with Gasteiger partial charge in [-0.15, -0.1) is 0 Å². The van der Waals surface area contributed by atoms with E-state index in [2.05, 4.69) is 13.8 Å². The van der Waals surface area contributed by atoms with E-state index in [-0.39, 0.29) is 0 Å². The van der Waals surface area contributed by atoms with Crippen molar-refractivity contribution in [3.63, 3.8) is 0 Å². The highest BCUT2D eigenvalue weighted by atomic mass is 28.4. The molecule has 0 N–H and O–H groups in total. The number of hydrogen-bond donors (Lipinski definition) is 0. The molecule has 0 amide bonds. The first-order valence-electron chi connectivity index (χ1n) is 8.08. The Morgan fingerprint density at radius 3 is 1.83 bits per heavy atom. The topological polar surface area (TPSA) is 18.5 Å². The normalized spacial score (nSPS) is 23.0. The Labute approximate surface area is 114 Å². The minimum Gasteiger partial charge on any atom is -0.394 e. The van der Waals surface area contributed by atoms with Crippen LogP contribution in [-0.2, 0) is 8.85 Å². The summed E-state index contributed by atoms with van der Waals surface area (Å²) in [5.41, 5.74) is 0.776. The van der Waals surface area contributed by atoms with Crippen molar-refractivity contribution in [3.8, 4) is 0 Å². The number of hydrogen-bond acceptors (Lipinski definition) is 2. The molecule has 0 aromatic rings. The second kappa shape index (κ2) is 7.06. The van der Waals surface area contributed by atoms with Crippen LogP contribution in [0, 0.1) is 5.92 Å². The summed E-state index contributed by atoms with van der Waals surface area (Å²) in [5, 5.41) is 0. The molecule has 0 aromatic heterocycles. The average molecular weight is 270 g/mol. The SMILES string of the molecule is CCO[Si](CC1CCCC1)(OCC)C1CCCC1. The van der Waals surface area contributed by atoms with E-state index < -0.39 is 8.56 Å². The van der Waals surface area contributed by atoms with Crippen molar-refractivity contribution in [1.82, 2.24) is 0 Å². The van der Waals surface area contributed by atoms with Crippen molar-refractivity contribution in [2.45, 2.75) is 76.8 Å². The number of rotatable bonds is 7. The second-order valence-electron chi connectivity index (χ2n) is 6.01. The van der Waals surface area contributed by atoms with Gasteiger partial charge in [-0.1, -0.05) is 38.5 Å². The molecule has 0 unspecified atom stereocenters. The zero-order chi connectivity index (χ0) is 12.8. The van der Waals surface area contributed by atoms with E-state index in [0.29, 0.717) is 0 Å². The van der Waals surface area contributed by atoms with E-state index in [1.54, 1.807) is 0 Å². The van der Waals surface area contributed by atoms with Gasteiger partial charge in [-0.2, -0.15) is 0 Å². The van der Waals surface area contributed by atoms with Gasteiger partial charge in [-0.3, -0.25) is 0 Å². The average Bonchev–Trinajstić information content (AvgIpc) is 3.02. The highest BCUT2D eigenvalue weighted by Gasteiger charge is 2.48. The monoisotopic (exact) mass is 270 g/mol. The molecule has 0 spiro atoms. The van der Waals surface area contributed by atoms with Gasteiger partial charge in [0.25, 0.3) is 0 Å². The Morgan fingerprint density at radius 2 is 1.33 bits per heavy atom. The van der Waals surface area contributed by atoms with Gasteiger partial charge in [0, 0.05) is 18.8 Å². The molecule has 0 aromatic carbocycles. The standard InChI is InChI=1S/C15H30O2Si/c1-3-16-18(17-4-2,15-11-7-8-12-15)13-14-9-5-6-10-14/h14-15H,3-13H2,1-2H3. The Kier molecular flexibility index (Phi) is 5.71. The third kappa shape index (κ3) is 3.37. The van der Waals surface area contributed by atoms with Crippen LogP contribution >= 0.6 is 0 Å². The third-order valence-electron chi connectivity index (χ3n) is 4.80. The molecule has 18 heavy (non-hydrogen) atoms. The highest BCUT2D eigenvalue weighted by Crippen LogP contribution is 2.45. The molecule has 0 radical (unpaired) electrons.